The Morgan fingerprint density at radius 1 is 0.750 bits per heavy atom. The first-order chi connectivity index (χ1) is 23.5. The number of rotatable bonds is 11. The smallest absolute Gasteiger partial charge is 0.329 e. The molecule has 0 aliphatic carbocycles. The van der Waals surface area contributed by atoms with Crippen molar-refractivity contribution in [1.82, 2.24) is 19.1 Å². The van der Waals surface area contributed by atoms with Gasteiger partial charge in [-0.2, -0.15) is 4.98 Å². The van der Waals surface area contributed by atoms with Gasteiger partial charge in [-0.3, -0.25) is 13.9 Å². The van der Waals surface area contributed by atoms with Gasteiger partial charge >= 0.3 is 5.69 Å². The minimum Gasteiger partial charge on any atom is -0.482 e. The number of hydrogen-bond donors (Lipinski definition) is 0. The zero-order valence-electron chi connectivity index (χ0n) is 26.7. The largest absolute Gasteiger partial charge is 0.482 e. The van der Waals surface area contributed by atoms with Gasteiger partial charge in [0.15, 0.2) is 0 Å². The van der Waals surface area contributed by atoms with E-state index in [0.29, 0.717) is 29.5 Å². The fraction of sp³-hybridized carbons (Fsp3) is 0.150. The van der Waals surface area contributed by atoms with Gasteiger partial charge in [-0.25, -0.2) is 9.78 Å². The lowest BCUT2D eigenvalue weighted by molar-refractivity contribution is 0.112. The number of benzene rings is 4. The van der Waals surface area contributed by atoms with E-state index < -0.39 is 0 Å². The molecule has 2 aromatic heterocycles. The normalized spacial score (nSPS) is 10.7. The third-order valence-corrected chi connectivity index (χ3v) is 7.69. The van der Waals surface area contributed by atoms with Gasteiger partial charge in [-0.1, -0.05) is 96.8 Å². The van der Waals surface area contributed by atoms with E-state index in [1.54, 1.807) is 21.3 Å². The molecule has 0 radical (unpaired) electrons. The molecule has 48 heavy (non-hydrogen) atoms. The lowest BCUT2D eigenvalue weighted by Crippen LogP contribution is -2.26. The van der Waals surface area contributed by atoms with Crippen LogP contribution in [0.4, 0.5) is 0 Å². The Labute approximate surface area is 279 Å². The van der Waals surface area contributed by atoms with Crippen LogP contribution >= 0.6 is 0 Å². The van der Waals surface area contributed by atoms with Crippen molar-refractivity contribution in [2.45, 2.75) is 39.6 Å². The monoisotopic (exact) mass is 634 g/mol. The van der Waals surface area contributed by atoms with Crippen molar-refractivity contribution in [1.29, 1.82) is 0 Å². The Kier molecular flexibility index (Phi) is 9.88. The van der Waals surface area contributed by atoms with Crippen LogP contribution in [0, 0.1) is 11.8 Å². The molecule has 8 nitrogen and oxygen atoms in total. The molecule has 0 fully saturated rings. The summed E-state index contributed by atoms with van der Waals surface area (Å²) < 4.78 is 15.9. The van der Waals surface area contributed by atoms with Crippen molar-refractivity contribution in [3.05, 3.63) is 166 Å². The highest BCUT2D eigenvalue weighted by atomic mass is 16.5. The molecule has 0 spiro atoms. The number of aromatic nitrogens is 4. The van der Waals surface area contributed by atoms with Crippen LogP contribution in [0.25, 0.3) is 11.3 Å². The number of nitrogens with zero attached hydrogens (tertiary/aromatic N) is 4. The summed E-state index contributed by atoms with van der Waals surface area (Å²) in [5, 5.41) is 0. The first kappa shape index (κ1) is 31.8. The Balaban J connectivity index is 1.29. The molecule has 0 bridgehead atoms. The molecule has 8 heteroatoms. The predicted octanol–water partition coefficient (Wildman–Crippen LogP) is 7.11. The van der Waals surface area contributed by atoms with Crippen LogP contribution in [0.5, 0.6) is 11.6 Å². The van der Waals surface area contributed by atoms with Crippen molar-refractivity contribution in [2.24, 2.45) is 0 Å². The summed E-state index contributed by atoms with van der Waals surface area (Å²) in [6, 6.07) is 34.5. The molecule has 0 aliphatic heterocycles. The molecule has 0 atom stereocenters. The van der Waals surface area contributed by atoms with Crippen LogP contribution in [0.15, 0.2) is 127 Å². The van der Waals surface area contributed by atoms with E-state index in [1.807, 2.05) is 117 Å². The first-order valence-electron chi connectivity index (χ1n) is 15.6. The molecule has 0 saturated carbocycles. The van der Waals surface area contributed by atoms with Gasteiger partial charge < -0.3 is 9.47 Å². The van der Waals surface area contributed by atoms with Gasteiger partial charge in [0.25, 0.3) is 5.88 Å². The van der Waals surface area contributed by atoms with Crippen LogP contribution in [0.3, 0.4) is 0 Å². The van der Waals surface area contributed by atoms with E-state index in [2.05, 4.69) is 21.8 Å². The van der Waals surface area contributed by atoms with Crippen molar-refractivity contribution in [3.8, 4) is 34.7 Å². The number of ether oxygens (including phenoxy) is 2. The third kappa shape index (κ3) is 7.60. The summed E-state index contributed by atoms with van der Waals surface area (Å²) in [7, 11) is 0. The van der Waals surface area contributed by atoms with E-state index in [9.17, 15) is 9.59 Å². The van der Waals surface area contributed by atoms with Gasteiger partial charge in [-0.05, 0) is 54.8 Å². The second kappa shape index (κ2) is 14.9. The zero-order chi connectivity index (χ0) is 33.3. The SMILES string of the molecule is CC(C)n1c(-c2ccc(C#Cc3ccc(C=O)cc3)cc2)cn(Cc2ncnc(OCc3ccccc3)c2OCc2ccccc2)c1=O. The fourth-order valence-corrected chi connectivity index (χ4v) is 5.22. The van der Waals surface area contributed by atoms with E-state index >= 15 is 0 Å². The van der Waals surface area contributed by atoms with E-state index in [-0.39, 0.29) is 24.9 Å². The molecule has 0 N–H and O–H groups in total. The highest BCUT2D eigenvalue weighted by Crippen LogP contribution is 2.30. The maximum atomic E-state index is 13.8. The summed E-state index contributed by atoms with van der Waals surface area (Å²) in [5.74, 6) is 7.01. The average molecular weight is 635 g/mol. The Bertz CT molecular complexity index is 2110. The van der Waals surface area contributed by atoms with Gasteiger partial charge in [0.1, 0.15) is 31.5 Å². The van der Waals surface area contributed by atoms with Gasteiger partial charge in [0.05, 0.1) is 12.2 Å². The molecular weight excluding hydrogens is 600 g/mol. The highest BCUT2D eigenvalue weighted by Gasteiger charge is 2.20. The van der Waals surface area contributed by atoms with Crippen molar-refractivity contribution in [2.75, 3.05) is 0 Å². The summed E-state index contributed by atoms with van der Waals surface area (Å²) in [6.07, 6.45) is 4.10. The minimum absolute atomic E-state index is 0.0912. The molecular formula is C40H34N4O4. The molecule has 238 valence electrons. The highest BCUT2D eigenvalue weighted by molar-refractivity contribution is 5.75. The molecule has 0 amide bonds. The number of imidazole rings is 1. The molecule has 0 unspecified atom stereocenters. The number of carbonyl (C=O) groups is 1. The van der Waals surface area contributed by atoms with E-state index in [4.69, 9.17) is 9.47 Å². The second-order valence-corrected chi connectivity index (χ2v) is 11.5. The molecule has 6 rings (SSSR count). The standard InChI is InChI=1S/C40H34N4O4/c1-29(2)44-37(35-21-19-31(20-22-35)14-13-30-15-17-32(25-45)18-16-30)24-43(40(44)46)23-36-38(47-26-33-9-5-3-6-10-33)39(42-28-41-36)48-27-34-11-7-4-8-12-34/h3-12,15-22,24-25,28-29H,23,26-27H2,1-2H3. The quantitative estimate of drug-likeness (QED) is 0.112. The summed E-state index contributed by atoms with van der Waals surface area (Å²) >= 11 is 0. The van der Waals surface area contributed by atoms with Crippen LogP contribution in [-0.2, 0) is 19.8 Å². The Morgan fingerprint density at radius 2 is 1.33 bits per heavy atom. The lowest BCUT2D eigenvalue weighted by atomic mass is 10.1. The van der Waals surface area contributed by atoms with Gasteiger partial charge in [0, 0.05) is 28.9 Å². The number of hydrogen-bond acceptors (Lipinski definition) is 6. The lowest BCUT2D eigenvalue weighted by Gasteiger charge is -2.15. The Hall–Kier alpha value is -6.20. The van der Waals surface area contributed by atoms with E-state index in [1.165, 1.54) is 6.33 Å². The zero-order valence-corrected chi connectivity index (χ0v) is 26.7. The van der Waals surface area contributed by atoms with Crippen LogP contribution in [0.2, 0.25) is 0 Å². The van der Waals surface area contributed by atoms with Crippen LogP contribution < -0.4 is 15.2 Å². The Morgan fingerprint density at radius 3 is 1.92 bits per heavy atom. The maximum absolute atomic E-state index is 13.8. The number of carbonyl (C=O) groups excluding carboxylic acids is 1. The second-order valence-electron chi connectivity index (χ2n) is 11.5. The van der Waals surface area contributed by atoms with Gasteiger partial charge in [0.2, 0.25) is 5.75 Å². The van der Waals surface area contributed by atoms with Gasteiger partial charge in [-0.15, -0.1) is 0 Å². The summed E-state index contributed by atoms with van der Waals surface area (Å²) in [4.78, 5) is 33.7. The van der Waals surface area contributed by atoms with Crippen molar-refractivity contribution in [3.63, 3.8) is 0 Å². The average Bonchev–Trinajstić information content (AvgIpc) is 3.46. The van der Waals surface area contributed by atoms with Crippen LogP contribution in [0.1, 0.15) is 58.2 Å². The number of aldehydes is 1. The van der Waals surface area contributed by atoms with Crippen molar-refractivity contribution < 1.29 is 14.3 Å². The molecule has 6 aromatic rings. The molecule has 0 saturated heterocycles. The maximum Gasteiger partial charge on any atom is 0.329 e. The minimum atomic E-state index is -0.165. The van der Waals surface area contributed by atoms with E-state index in [0.717, 1.165) is 39.8 Å². The predicted molar refractivity (Wildman–Crippen MR) is 185 cm³/mol. The fourth-order valence-electron chi connectivity index (χ4n) is 5.22. The summed E-state index contributed by atoms with van der Waals surface area (Å²) in [6.45, 7) is 4.72. The van der Waals surface area contributed by atoms with Crippen molar-refractivity contribution >= 4 is 6.29 Å². The third-order valence-electron chi connectivity index (χ3n) is 7.69. The molecule has 4 aromatic carbocycles. The molecule has 2 heterocycles. The topological polar surface area (TPSA) is 88.2 Å². The summed E-state index contributed by atoms with van der Waals surface area (Å²) in [5.41, 5.74) is 6.27. The molecule has 0 aliphatic rings. The first-order valence-corrected chi connectivity index (χ1v) is 15.6. The van der Waals surface area contributed by atoms with Crippen LogP contribution in [-0.4, -0.2) is 25.4 Å².